The maximum Gasteiger partial charge on any atom is 0.276 e. The van der Waals surface area contributed by atoms with Crippen LogP contribution in [0.2, 0.25) is 0 Å². The van der Waals surface area contributed by atoms with E-state index in [4.69, 9.17) is 0 Å². The summed E-state index contributed by atoms with van der Waals surface area (Å²) in [6, 6.07) is 0. The molecule has 0 aromatic carbocycles. The van der Waals surface area contributed by atoms with E-state index in [9.17, 15) is 13.2 Å². The zero-order valence-corrected chi connectivity index (χ0v) is 5.84. The highest BCUT2D eigenvalue weighted by Gasteiger charge is 2.24. The van der Waals surface area contributed by atoms with E-state index in [2.05, 4.69) is 4.98 Å². The van der Waals surface area contributed by atoms with Crippen molar-refractivity contribution in [1.29, 1.82) is 0 Å². The van der Waals surface area contributed by atoms with Gasteiger partial charge in [-0.25, -0.2) is 18.2 Å². The Morgan fingerprint density at radius 2 is 2.09 bits per heavy atom. The van der Waals surface area contributed by atoms with Crippen LogP contribution >= 0.6 is 0 Å². The van der Waals surface area contributed by atoms with Gasteiger partial charge in [0, 0.05) is 19.4 Å². The number of alkyl halides is 3. The van der Waals surface area contributed by atoms with E-state index in [1.54, 1.807) is 0 Å². The van der Waals surface area contributed by atoms with Crippen molar-refractivity contribution in [1.82, 2.24) is 9.55 Å². The van der Waals surface area contributed by atoms with Crippen LogP contribution in [0.25, 0.3) is 0 Å². The highest BCUT2D eigenvalue weighted by Crippen LogP contribution is 2.21. The number of imidazole rings is 1. The van der Waals surface area contributed by atoms with Crippen LogP contribution < -0.4 is 0 Å². The Kier molecular flexibility index (Phi) is 2.16. The van der Waals surface area contributed by atoms with E-state index in [0.717, 1.165) is 0 Å². The van der Waals surface area contributed by atoms with Crippen LogP contribution in [0.3, 0.4) is 0 Å². The second kappa shape index (κ2) is 2.94. The molecule has 62 valence electrons. The molecule has 0 saturated heterocycles. The molecule has 0 N–H and O–H groups in total. The summed E-state index contributed by atoms with van der Waals surface area (Å²) in [5.41, 5.74) is 0. The molecule has 0 spiro atoms. The second-order valence-electron chi connectivity index (χ2n) is 2.13. The van der Waals surface area contributed by atoms with E-state index >= 15 is 0 Å². The molecule has 1 atom stereocenters. The van der Waals surface area contributed by atoms with E-state index in [0.29, 0.717) is 0 Å². The predicted octanol–water partition coefficient (Wildman–Crippen LogP) is 1.70. The summed E-state index contributed by atoms with van der Waals surface area (Å²) in [5, 5.41) is 0. The molecule has 5 heteroatoms. The molecule has 1 heterocycles. The molecule has 1 aromatic heterocycles. The van der Waals surface area contributed by atoms with Crippen molar-refractivity contribution >= 4 is 0 Å². The van der Waals surface area contributed by atoms with Gasteiger partial charge in [-0.3, -0.25) is 0 Å². The lowest BCUT2D eigenvalue weighted by Gasteiger charge is -2.05. The van der Waals surface area contributed by atoms with Crippen LogP contribution in [-0.4, -0.2) is 16.0 Å². The predicted molar refractivity (Wildman–Crippen MR) is 33.1 cm³/mol. The molecule has 2 nitrogen and oxygen atoms in total. The summed E-state index contributed by atoms with van der Waals surface area (Å²) in [6.45, 7) is 0. The van der Waals surface area contributed by atoms with E-state index in [-0.39, 0.29) is 5.82 Å². The minimum absolute atomic E-state index is 0.236. The topological polar surface area (TPSA) is 17.8 Å². The lowest BCUT2D eigenvalue weighted by Crippen LogP contribution is -2.09. The van der Waals surface area contributed by atoms with Crippen molar-refractivity contribution in [3.63, 3.8) is 0 Å². The standard InChI is InChI=1S/C6H7F3N2/c1-11-3-2-10-6(11)4(7)5(8)9/h2-5H,1H3. The molecule has 0 amide bonds. The molecule has 11 heavy (non-hydrogen) atoms. The fraction of sp³-hybridized carbons (Fsp3) is 0.500. The summed E-state index contributed by atoms with van der Waals surface area (Å²) in [7, 11) is 1.47. The zero-order chi connectivity index (χ0) is 8.43. The Hall–Kier alpha value is -1.00. The molecule has 0 saturated carbocycles. The van der Waals surface area contributed by atoms with Gasteiger partial charge < -0.3 is 4.57 Å². The first-order valence-electron chi connectivity index (χ1n) is 3.02. The molecule has 0 aliphatic carbocycles. The highest BCUT2D eigenvalue weighted by molar-refractivity contribution is 4.96. The summed E-state index contributed by atoms with van der Waals surface area (Å²) in [6.07, 6.45) is -2.58. The summed E-state index contributed by atoms with van der Waals surface area (Å²) >= 11 is 0. The molecular formula is C6H7F3N2. The van der Waals surface area contributed by atoms with E-state index in [1.165, 1.54) is 24.0 Å². The van der Waals surface area contributed by atoms with Gasteiger partial charge in [0.25, 0.3) is 6.43 Å². The van der Waals surface area contributed by atoms with Crippen LogP contribution in [0.15, 0.2) is 12.4 Å². The molecule has 0 aliphatic heterocycles. The molecule has 0 fully saturated rings. The van der Waals surface area contributed by atoms with E-state index < -0.39 is 12.6 Å². The lowest BCUT2D eigenvalue weighted by molar-refractivity contribution is 0.0433. The number of halogens is 3. The fourth-order valence-electron chi connectivity index (χ4n) is 0.756. The van der Waals surface area contributed by atoms with Gasteiger partial charge in [0.15, 0.2) is 0 Å². The average Bonchev–Trinajstić information content (AvgIpc) is 2.33. The summed E-state index contributed by atoms with van der Waals surface area (Å²) < 4.78 is 37.2. The third-order valence-corrected chi connectivity index (χ3v) is 1.33. The van der Waals surface area contributed by atoms with Crippen LogP contribution in [0.1, 0.15) is 12.0 Å². The molecule has 0 aliphatic rings. The van der Waals surface area contributed by atoms with Crippen molar-refractivity contribution in [2.24, 2.45) is 7.05 Å². The minimum atomic E-state index is -3.00. The number of aryl methyl sites for hydroxylation is 1. The van der Waals surface area contributed by atoms with Crippen LogP contribution in [-0.2, 0) is 7.05 Å². The smallest absolute Gasteiger partial charge is 0.276 e. The number of rotatable bonds is 2. The van der Waals surface area contributed by atoms with Crippen LogP contribution in [0, 0.1) is 0 Å². The van der Waals surface area contributed by atoms with Gasteiger partial charge in [-0.2, -0.15) is 0 Å². The van der Waals surface area contributed by atoms with Gasteiger partial charge in [0.2, 0.25) is 6.17 Å². The maximum atomic E-state index is 12.5. The van der Waals surface area contributed by atoms with Gasteiger partial charge >= 0.3 is 0 Å². The van der Waals surface area contributed by atoms with E-state index in [1.807, 2.05) is 0 Å². The SMILES string of the molecule is Cn1ccnc1C(F)C(F)F. The highest BCUT2D eigenvalue weighted by atomic mass is 19.3. The van der Waals surface area contributed by atoms with Gasteiger partial charge in [0.1, 0.15) is 5.82 Å². The van der Waals surface area contributed by atoms with Crippen LogP contribution in [0.5, 0.6) is 0 Å². The molecule has 1 rings (SSSR count). The van der Waals surface area contributed by atoms with Crippen molar-refractivity contribution in [2.75, 3.05) is 0 Å². The van der Waals surface area contributed by atoms with Crippen LogP contribution in [0.4, 0.5) is 13.2 Å². The first-order valence-corrected chi connectivity index (χ1v) is 3.02. The number of hydrogen-bond donors (Lipinski definition) is 0. The molecule has 1 unspecified atom stereocenters. The maximum absolute atomic E-state index is 12.5. The Morgan fingerprint density at radius 3 is 2.45 bits per heavy atom. The number of nitrogens with zero attached hydrogens (tertiary/aromatic N) is 2. The largest absolute Gasteiger partial charge is 0.335 e. The Morgan fingerprint density at radius 1 is 1.45 bits per heavy atom. The van der Waals surface area contributed by atoms with Gasteiger partial charge in [0.05, 0.1) is 0 Å². The lowest BCUT2D eigenvalue weighted by atomic mass is 10.4. The third kappa shape index (κ3) is 1.53. The van der Waals surface area contributed by atoms with Crippen molar-refractivity contribution in [3.8, 4) is 0 Å². The first kappa shape index (κ1) is 8.10. The van der Waals surface area contributed by atoms with Gasteiger partial charge in [-0.05, 0) is 0 Å². The van der Waals surface area contributed by atoms with Crippen molar-refractivity contribution < 1.29 is 13.2 Å². The molecule has 1 aromatic rings. The van der Waals surface area contributed by atoms with Gasteiger partial charge in [-0.1, -0.05) is 0 Å². The average molecular weight is 164 g/mol. The zero-order valence-electron chi connectivity index (χ0n) is 5.84. The Labute approximate surface area is 61.7 Å². The molecule has 0 bridgehead atoms. The second-order valence-corrected chi connectivity index (χ2v) is 2.13. The Balaban J connectivity index is 2.84. The summed E-state index contributed by atoms with van der Waals surface area (Å²) in [4.78, 5) is 3.44. The third-order valence-electron chi connectivity index (χ3n) is 1.33. The van der Waals surface area contributed by atoms with Crippen molar-refractivity contribution in [3.05, 3.63) is 18.2 Å². The monoisotopic (exact) mass is 164 g/mol. The molecular weight excluding hydrogens is 157 g/mol. The minimum Gasteiger partial charge on any atom is -0.335 e. The molecule has 0 radical (unpaired) electrons. The Bertz CT molecular complexity index is 233. The summed E-state index contributed by atoms with van der Waals surface area (Å²) in [5.74, 6) is -0.236. The normalized spacial score (nSPS) is 13.9. The number of aromatic nitrogens is 2. The quantitative estimate of drug-likeness (QED) is 0.650. The van der Waals surface area contributed by atoms with Crippen molar-refractivity contribution in [2.45, 2.75) is 12.6 Å². The first-order chi connectivity index (χ1) is 5.13. The fourth-order valence-corrected chi connectivity index (χ4v) is 0.756. The number of hydrogen-bond acceptors (Lipinski definition) is 1. The van der Waals surface area contributed by atoms with Gasteiger partial charge in [-0.15, -0.1) is 0 Å².